The average Bonchev–Trinajstić information content (AvgIpc) is 2.79. The molecule has 0 unspecified atom stereocenters. The third-order valence-corrected chi connectivity index (χ3v) is 4.26. The zero-order chi connectivity index (χ0) is 22.6. The van der Waals surface area contributed by atoms with Gasteiger partial charge in [-0.15, -0.1) is 0 Å². The van der Waals surface area contributed by atoms with Crippen molar-refractivity contribution in [2.75, 3.05) is 32.7 Å². The molecule has 9 nitrogen and oxygen atoms in total. The fourth-order valence-corrected chi connectivity index (χ4v) is 2.63. The molecule has 2 aromatic rings. The molecule has 166 valence electrons. The summed E-state index contributed by atoms with van der Waals surface area (Å²) < 4.78 is 16.0. The third kappa shape index (κ3) is 7.54. The molecule has 2 rings (SSSR count). The number of para-hydroxylation sites is 2. The second kappa shape index (κ2) is 12.1. The van der Waals surface area contributed by atoms with Crippen LogP contribution in [0.4, 0.5) is 5.69 Å². The lowest BCUT2D eigenvalue weighted by molar-refractivity contribution is -0.128. The number of methoxy groups -OCH3 is 2. The quantitative estimate of drug-likeness (QED) is 0.285. The zero-order valence-electron chi connectivity index (χ0n) is 17.8. The largest absolute Gasteiger partial charge is 0.495 e. The van der Waals surface area contributed by atoms with Crippen molar-refractivity contribution < 1.29 is 28.6 Å². The van der Waals surface area contributed by atoms with Crippen molar-refractivity contribution in [3.05, 3.63) is 48.0 Å². The van der Waals surface area contributed by atoms with Gasteiger partial charge in [0.05, 0.1) is 33.1 Å². The third-order valence-electron chi connectivity index (χ3n) is 4.26. The van der Waals surface area contributed by atoms with Gasteiger partial charge in [0.2, 0.25) is 5.91 Å². The Balaban J connectivity index is 1.67. The Morgan fingerprint density at radius 2 is 1.58 bits per heavy atom. The van der Waals surface area contributed by atoms with Gasteiger partial charge in [-0.2, -0.15) is 0 Å². The lowest BCUT2D eigenvalue weighted by atomic mass is 10.1. The molecule has 0 fully saturated rings. The van der Waals surface area contributed by atoms with E-state index in [2.05, 4.69) is 16.2 Å². The highest BCUT2D eigenvalue weighted by molar-refractivity contribution is 5.94. The van der Waals surface area contributed by atoms with E-state index >= 15 is 0 Å². The second-order valence-corrected chi connectivity index (χ2v) is 6.52. The van der Waals surface area contributed by atoms with Crippen LogP contribution in [-0.4, -0.2) is 45.0 Å². The van der Waals surface area contributed by atoms with Gasteiger partial charge in [0.25, 0.3) is 5.91 Å². The average molecular weight is 429 g/mol. The summed E-state index contributed by atoms with van der Waals surface area (Å²) in [6, 6.07) is 12.1. The van der Waals surface area contributed by atoms with Gasteiger partial charge in [-0.1, -0.05) is 12.1 Å². The Kier molecular flexibility index (Phi) is 9.15. The number of hydrazine groups is 1. The number of carbonyl (C=O) groups excluding carboxylic acids is 3. The summed E-state index contributed by atoms with van der Waals surface area (Å²) >= 11 is 0. The first-order valence-electron chi connectivity index (χ1n) is 9.71. The van der Waals surface area contributed by atoms with Crippen LogP contribution in [0.15, 0.2) is 42.5 Å². The molecular formula is C22H27N3O6. The van der Waals surface area contributed by atoms with E-state index in [9.17, 15) is 14.4 Å². The highest BCUT2D eigenvalue weighted by Crippen LogP contribution is 2.28. The molecule has 9 heteroatoms. The van der Waals surface area contributed by atoms with E-state index in [-0.39, 0.29) is 31.3 Å². The number of carbonyl (C=O) groups is 3. The number of ketones is 1. The van der Waals surface area contributed by atoms with Gasteiger partial charge >= 0.3 is 0 Å². The zero-order valence-corrected chi connectivity index (χ0v) is 17.8. The van der Waals surface area contributed by atoms with Crippen molar-refractivity contribution in [2.45, 2.75) is 19.8 Å². The van der Waals surface area contributed by atoms with Crippen LogP contribution in [0, 0.1) is 0 Å². The van der Waals surface area contributed by atoms with Crippen LogP contribution < -0.4 is 30.4 Å². The molecule has 0 spiro atoms. The van der Waals surface area contributed by atoms with Crippen LogP contribution in [-0.2, 0) is 9.59 Å². The molecule has 0 aliphatic heterocycles. The fraction of sp³-hybridized carbons (Fsp3) is 0.318. The smallest absolute Gasteiger partial charge is 0.257 e. The topological polar surface area (TPSA) is 115 Å². The van der Waals surface area contributed by atoms with Gasteiger partial charge in [0.15, 0.2) is 17.3 Å². The van der Waals surface area contributed by atoms with Gasteiger partial charge < -0.3 is 19.5 Å². The van der Waals surface area contributed by atoms with Crippen molar-refractivity contribution in [3.8, 4) is 17.2 Å². The summed E-state index contributed by atoms with van der Waals surface area (Å²) in [5.74, 6) is 0.753. The number of benzene rings is 2. The highest BCUT2D eigenvalue weighted by atomic mass is 16.5. The van der Waals surface area contributed by atoms with Crippen LogP contribution in [0.5, 0.6) is 17.2 Å². The molecule has 0 aromatic heterocycles. The first-order valence-corrected chi connectivity index (χ1v) is 9.71. The molecular weight excluding hydrogens is 402 g/mol. The molecule has 0 aliphatic rings. The van der Waals surface area contributed by atoms with Crippen molar-refractivity contribution in [1.29, 1.82) is 0 Å². The predicted molar refractivity (Wildman–Crippen MR) is 115 cm³/mol. The molecule has 0 bridgehead atoms. The Morgan fingerprint density at radius 1 is 0.871 bits per heavy atom. The van der Waals surface area contributed by atoms with Gasteiger partial charge in [0, 0.05) is 12.0 Å². The molecule has 0 saturated heterocycles. The number of rotatable bonds is 11. The van der Waals surface area contributed by atoms with Crippen LogP contribution in [0.25, 0.3) is 0 Å². The monoisotopic (exact) mass is 429 g/mol. The van der Waals surface area contributed by atoms with Crippen molar-refractivity contribution in [1.82, 2.24) is 10.9 Å². The van der Waals surface area contributed by atoms with Gasteiger partial charge in [-0.05, 0) is 43.7 Å². The summed E-state index contributed by atoms with van der Waals surface area (Å²) in [7, 11) is 3.03. The van der Waals surface area contributed by atoms with E-state index in [1.165, 1.54) is 14.0 Å². The van der Waals surface area contributed by atoms with E-state index in [4.69, 9.17) is 14.2 Å². The second-order valence-electron chi connectivity index (χ2n) is 6.52. The fourth-order valence-electron chi connectivity index (χ4n) is 2.63. The Labute approximate surface area is 181 Å². The Bertz CT molecular complexity index is 916. The summed E-state index contributed by atoms with van der Waals surface area (Å²) in [5, 5.41) is 2.94. The van der Waals surface area contributed by atoms with Crippen LogP contribution in [0.3, 0.4) is 0 Å². The SMILES string of the molecule is COc1ccccc1NCC(=O)NNC(=O)CCCOc1ccc(C(C)=O)cc1OC. The van der Waals surface area contributed by atoms with E-state index in [0.29, 0.717) is 34.9 Å². The standard InChI is InChI=1S/C22H27N3O6/c1-15(26)16-10-11-19(20(13-16)30-3)31-12-6-9-21(27)24-25-22(28)14-23-17-7-4-5-8-18(17)29-2/h4-5,7-8,10-11,13,23H,6,9,12,14H2,1-3H3,(H,24,27)(H,25,28). The number of hydrogen-bond donors (Lipinski definition) is 3. The lowest BCUT2D eigenvalue weighted by Crippen LogP contribution is -2.44. The van der Waals surface area contributed by atoms with Gasteiger partial charge in [-0.25, -0.2) is 0 Å². The molecule has 31 heavy (non-hydrogen) atoms. The predicted octanol–water partition coefficient (Wildman–Crippen LogP) is 2.32. The molecule has 2 amide bonds. The summed E-state index contributed by atoms with van der Waals surface area (Å²) in [4.78, 5) is 35.2. The Morgan fingerprint density at radius 3 is 2.29 bits per heavy atom. The summed E-state index contributed by atoms with van der Waals surface area (Å²) in [5.41, 5.74) is 5.91. The van der Waals surface area contributed by atoms with Crippen LogP contribution in [0.2, 0.25) is 0 Å². The maximum Gasteiger partial charge on any atom is 0.257 e. The summed E-state index contributed by atoms with van der Waals surface area (Å²) in [6.07, 6.45) is 0.590. The number of amides is 2. The number of hydrogen-bond acceptors (Lipinski definition) is 7. The van der Waals surface area contributed by atoms with Gasteiger partial charge in [0.1, 0.15) is 5.75 Å². The van der Waals surface area contributed by atoms with Crippen molar-refractivity contribution >= 4 is 23.3 Å². The molecule has 3 N–H and O–H groups in total. The Hall–Kier alpha value is -3.75. The number of ether oxygens (including phenoxy) is 3. The van der Waals surface area contributed by atoms with Crippen molar-refractivity contribution in [3.63, 3.8) is 0 Å². The molecule has 0 radical (unpaired) electrons. The number of Topliss-reactive ketones (excluding diaryl/α,β-unsaturated/α-hetero) is 1. The van der Waals surface area contributed by atoms with Crippen LogP contribution >= 0.6 is 0 Å². The lowest BCUT2D eigenvalue weighted by Gasteiger charge is -2.12. The maximum absolute atomic E-state index is 11.9. The number of nitrogens with one attached hydrogen (secondary N) is 3. The first kappa shape index (κ1) is 23.5. The van der Waals surface area contributed by atoms with Gasteiger partial charge in [-0.3, -0.25) is 25.2 Å². The molecule has 0 aliphatic carbocycles. The number of anilines is 1. The first-order chi connectivity index (χ1) is 14.9. The molecule has 2 aromatic carbocycles. The van der Waals surface area contributed by atoms with E-state index in [1.54, 1.807) is 37.4 Å². The minimum absolute atomic E-state index is 0.0280. The van der Waals surface area contributed by atoms with Crippen molar-refractivity contribution in [2.24, 2.45) is 0 Å². The molecule has 0 heterocycles. The van der Waals surface area contributed by atoms with Crippen LogP contribution in [0.1, 0.15) is 30.1 Å². The molecule has 0 atom stereocenters. The molecule has 0 saturated carbocycles. The summed E-state index contributed by atoms with van der Waals surface area (Å²) in [6.45, 7) is 1.72. The van der Waals surface area contributed by atoms with E-state index in [0.717, 1.165) is 0 Å². The highest BCUT2D eigenvalue weighted by Gasteiger charge is 2.10. The van der Waals surface area contributed by atoms with E-state index < -0.39 is 5.91 Å². The maximum atomic E-state index is 11.9. The minimum atomic E-state index is -0.397. The normalized spacial score (nSPS) is 10.0. The minimum Gasteiger partial charge on any atom is -0.495 e. The van der Waals surface area contributed by atoms with E-state index in [1.807, 2.05) is 12.1 Å².